The minimum atomic E-state index is -5.16. The molecular formula is C7H3ClF2O4S. The fourth-order valence-electron chi connectivity index (χ4n) is 0.861. The van der Waals surface area contributed by atoms with Crippen molar-refractivity contribution in [1.82, 2.24) is 0 Å². The molecule has 1 N–H and O–H groups in total. The topological polar surface area (TPSA) is 71.4 Å². The number of benzene rings is 1. The number of rotatable bonds is 2. The first kappa shape index (κ1) is 11.9. The number of halogens is 3. The molecule has 0 spiro atoms. The Hall–Kier alpha value is -1.21. The van der Waals surface area contributed by atoms with Crippen LogP contribution in [0.3, 0.4) is 0 Å². The van der Waals surface area contributed by atoms with Gasteiger partial charge in [0.05, 0.1) is 10.6 Å². The average Bonchev–Trinajstić information content (AvgIpc) is 2.06. The normalized spacial score (nSPS) is 11.4. The number of carbonyl (C=O) groups is 1. The molecule has 0 unspecified atom stereocenters. The molecule has 0 aliphatic carbocycles. The van der Waals surface area contributed by atoms with Crippen LogP contribution in [0.5, 0.6) is 0 Å². The SMILES string of the molecule is O=C(O)c1cc(S(=O)(=O)F)cc(F)c1Cl. The summed E-state index contributed by atoms with van der Waals surface area (Å²) in [6.45, 7) is 0. The van der Waals surface area contributed by atoms with Crippen LogP contribution in [-0.2, 0) is 10.2 Å². The summed E-state index contributed by atoms with van der Waals surface area (Å²) in [5.74, 6) is -2.96. The molecule has 4 nitrogen and oxygen atoms in total. The van der Waals surface area contributed by atoms with Gasteiger partial charge in [-0.3, -0.25) is 0 Å². The molecular weight excluding hydrogens is 254 g/mol. The second-order valence-electron chi connectivity index (χ2n) is 2.51. The van der Waals surface area contributed by atoms with Crippen LogP contribution >= 0.6 is 11.6 Å². The summed E-state index contributed by atoms with van der Waals surface area (Å²) in [6.07, 6.45) is 0. The Balaban J connectivity index is 3.57. The van der Waals surface area contributed by atoms with Crippen LogP contribution in [0.25, 0.3) is 0 Å². The molecule has 0 aliphatic rings. The molecule has 0 heterocycles. The molecule has 0 amide bonds. The lowest BCUT2D eigenvalue weighted by molar-refractivity contribution is 0.0696. The number of carboxylic acids is 1. The molecule has 0 aliphatic heterocycles. The summed E-state index contributed by atoms with van der Waals surface area (Å²) in [5.41, 5.74) is -0.812. The van der Waals surface area contributed by atoms with E-state index in [1.54, 1.807) is 0 Å². The van der Waals surface area contributed by atoms with Gasteiger partial charge in [-0.25, -0.2) is 9.18 Å². The van der Waals surface area contributed by atoms with E-state index in [1.165, 1.54) is 0 Å². The lowest BCUT2D eigenvalue weighted by Gasteiger charge is -2.02. The zero-order chi connectivity index (χ0) is 11.8. The van der Waals surface area contributed by atoms with Gasteiger partial charge in [-0.15, -0.1) is 3.89 Å². The fraction of sp³-hybridized carbons (Fsp3) is 0. The molecule has 8 heteroatoms. The maximum atomic E-state index is 12.9. The largest absolute Gasteiger partial charge is 0.478 e. The van der Waals surface area contributed by atoms with Crippen LogP contribution in [-0.4, -0.2) is 19.5 Å². The third kappa shape index (κ3) is 2.42. The van der Waals surface area contributed by atoms with E-state index in [4.69, 9.17) is 16.7 Å². The van der Waals surface area contributed by atoms with Gasteiger partial charge in [0, 0.05) is 0 Å². The monoisotopic (exact) mass is 256 g/mol. The first-order valence-electron chi connectivity index (χ1n) is 3.40. The van der Waals surface area contributed by atoms with E-state index in [9.17, 15) is 21.5 Å². The van der Waals surface area contributed by atoms with Crippen LogP contribution in [0.15, 0.2) is 17.0 Å². The predicted octanol–water partition coefficient (Wildman–Crippen LogP) is 1.84. The molecule has 0 bridgehead atoms. The molecule has 15 heavy (non-hydrogen) atoms. The third-order valence-electron chi connectivity index (χ3n) is 1.51. The summed E-state index contributed by atoms with van der Waals surface area (Å²) < 4.78 is 46.2. The van der Waals surface area contributed by atoms with E-state index in [-0.39, 0.29) is 0 Å². The Labute approximate surface area is 88.3 Å². The average molecular weight is 257 g/mol. The quantitative estimate of drug-likeness (QED) is 0.820. The fourth-order valence-corrected chi connectivity index (χ4v) is 1.55. The van der Waals surface area contributed by atoms with Crippen molar-refractivity contribution in [2.75, 3.05) is 0 Å². The molecule has 1 rings (SSSR count). The second-order valence-corrected chi connectivity index (χ2v) is 4.23. The molecule has 0 fully saturated rings. The molecule has 0 aromatic heterocycles. The Morgan fingerprint density at radius 2 is 1.93 bits per heavy atom. The van der Waals surface area contributed by atoms with Gasteiger partial charge in [0.2, 0.25) is 0 Å². The summed E-state index contributed by atoms with van der Waals surface area (Å²) in [5, 5.41) is 7.74. The summed E-state index contributed by atoms with van der Waals surface area (Å²) >= 11 is 5.24. The van der Waals surface area contributed by atoms with Crippen molar-refractivity contribution in [3.63, 3.8) is 0 Å². The molecule has 0 atom stereocenters. The highest BCUT2D eigenvalue weighted by Gasteiger charge is 2.21. The minimum Gasteiger partial charge on any atom is -0.478 e. The summed E-state index contributed by atoms with van der Waals surface area (Å²) in [7, 11) is -5.16. The lowest BCUT2D eigenvalue weighted by atomic mass is 10.2. The maximum absolute atomic E-state index is 12.9. The maximum Gasteiger partial charge on any atom is 0.337 e. The van der Waals surface area contributed by atoms with Gasteiger partial charge in [0.15, 0.2) is 0 Å². The van der Waals surface area contributed by atoms with E-state index >= 15 is 0 Å². The van der Waals surface area contributed by atoms with Crippen molar-refractivity contribution >= 4 is 27.8 Å². The number of hydrogen-bond acceptors (Lipinski definition) is 3. The van der Waals surface area contributed by atoms with E-state index in [0.717, 1.165) is 0 Å². The van der Waals surface area contributed by atoms with E-state index in [0.29, 0.717) is 12.1 Å². The lowest BCUT2D eigenvalue weighted by Crippen LogP contribution is -2.03. The zero-order valence-corrected chi connectivity index (χ0v) is 8.44. The molecule has 1 aromatic rings. The smallest absolute Gasteiger partial charge is 0.337 e. The van der Waals surface area contributed by atoms with Crippen LogP contribution < -0.4 is 0 Å². The summed E-state index contributed by atoms with van der Waals surface area (Å²) in [6, 6.07) is 0.757. The third-order valence-corrected chi connectivity index (χ3v) is 2.70. The first-order valence-corrected chi connectivity index (χ1v) is 5.16. The highest BCUT2D eigenvalue weighted by atomic mass is 35.5. The summed E-state index contributed by atoms with van der Waals surface area (Å²) in [4.78, 5) is 9.40. The number of hydrogen-bond donors (Lipinski definition) is 1. The van der Waals surface area contributed by atoms with Crippen LogP contribution in [0.2, 0.25) is 5.02 Å². The number of aromatic carboxylic acids is 1. The van der Waals surface area contributed by atoms with Crippen LogP contribution in [0.1, 0.15) is 10.4 Å². The molecule has 0 radical (unpaired) electrons. The minimum absolute atomic E-state index is 0.310. The molecule has 0 saturated heterocycles. The molecule has 1 aromatic carbocycles. The Morgan fingerprint density at radius 1 is 1.40 bits per heavy atom. The Kier molecular flexibility index (Phi) is 2.96. The van der Waals surface area contributed by atoms with Crippen molar-refractivity contribution in [2.45, 2.75) is 4.90 Å². The predicted molar refractivity (Wildman–Crippen MR) is 46.7 cm³/mol. The second kappa shape index (κ2) is 3.74. The Bertz CT molecular complexity index is 526. The van der Waals surface area contributed by atoms with E-state index in [2.05, 4.69) is 0 Å². The van der Waals surface area contributed by atoms with E-state index < -0.39 is 37.5 Å². The van der Waals surface area contributed by atoms with Crippen molar-refractivity contribution in [3.05, 3.63) is 28.5 Å². The van der Waals surface area contributed by atoms with Crippen molar-refractivity contribution in [2.24, 2.45) is 0 Å². The van der Waals surface area contributed by atoms with Gasteiger partial charge < -0.3 is 5.11 Å². The molecule has 82 valence electrons. The van der Waals surface area contributed by atoms with Crippen LogP contribution in [0, 0.1) is 5.82 Å². The molecule has 0 saturated carbocycles. The van der Waals surface area contributed by atoms with E-state index in [1.807, 2.05) is 0 Å². The van der Waals surface area contributed by atoms with Crippen molar-refractivity contribution in [3.8, 4) is 0 Å². The van der Waals surface area contributed by atoms with Crippen LogP contribution in [0.4, 0.5) is 8.28 Å². The van der Waals surface area contributed by atoms with Gasteiger partial charge in [0.1, 0.15) is 10.7 Å². The van der Waals surface area contributed by atoms with Gasteiger partial charge in [-0.1, -0.05) is 11.6 Å². The first-order chi connectivity index (χ1) is 6.73. The van der Waals surface area contributed by atoms with Gasteiger partial charge in [0.25, 0.3) is 0 Å². The standard InChI is InChI=1S/C7H3ClF2O4S/c8-6-4(7(11)12)1-3(2-5(6)9)15(10,13)14/h1-2H,(H,11,12). The zero-order valence-electron chi connectivity index (χ0n) is 6.87. The van der Waals surface area contributed by atoms with Gasteiger partial charge in [-0.2, -0.15) is 8.42 Å². The van der Waals surface area contributed by atoms with Crippen molar-refractivity contribution < 1.29 is 26.6 Å². The number of carboxylic acid groups (broad SMARTS) is 1. The Morgan fingerprint density at radius 3 is 2.33 bits per heavy atom. The van der Waals surface area contributed by atoms with Gasteiger partial charge >= 0.3 is 16.2 Å². The van der Waals surface area contributed by atoms with Crippen molar-refractivity contribution in [1.29, 1.82) is 0 Å². The highest BCUT2D eigenvalue weighted by Crippen LogP contribution is 2.25. The highest BCUT2D eigenvalue weighted by molar-refractivity contribution is 7.86. The van der Waals surface area contributed by atoms with Gasteiger partial charge in [-0.05, 0) is 12.1 Å².